The van der Waals surface area contributed by atoms with Crippen LogP contribution in [0.2, 0.25) is 0 Å². The van der Waals surface area contributed by atoms with Crippen LogP contribution in [0.5, 0.6) is 0 Å². The molecular weight excluding hydrogens is 350 g/mol. The minimum atomic E-state index is -3.59. The van der Waals surface area contributed by atoms with Crippen LogP contribution in [0.4, 0.5) is 5.82 Å². The maximum absolute atomic E-state index is 12.2. The zero-order valence-electron chi connectivity index (χ0n) is 10.1. The van der Waals surface area contributed by atoms with Crippen LogP contribution >= 0.6 is 27.3 Å². The van der Waals surface area contributed by atoms with Gasteiger partial charge in [-0.15, -0.1) is 11.3 Å². The molecular formula is C11H12BrN3O2S2. The van der Waals surface area contributed by atoms with Gasteiger partial charge in [0, 0.05) is 23.0 Å². The molecule has 8 heteroatoms. The van der Waals surface area contributed by atoms with E-state index in [0.717, 1.165) is 4.88 Å². The highest BCUT2D eigenvalue weighted by molar-refractivity contribution is 9.10. The number of nitrogens with zero attached hydrogens (tertiary/aromatic N) is 1. The Balaban J connectivity index is 2.25. The Morgan fingerprint density at radius 2 is 2.26 bits per heavy atom. The van der Waals surface area contributed by atoms with E-state index in [4.69, 9.17) is 0 Å². The van der Waals surface area contributed by atoms with Crippen LogP contribution < -0.4 is 10.0 Å². The largest absolute Gasteiger partial charge is 0.315 e. The number of rotatable bonds is 5. The van der Waals surface area contributed by atoms with Crippen molar-refractivity contribution >= 4 is 43.1 Å². The number of halogens is 1. The highest BCUT2D eigenvalue weighted by Gasteiger charge is 2.18. The summed E-state index contributed by atoms with van der Waals surface area (Å²) in [5.41, 5.74) is 0. The zero-order valence-corrected chi connectivity index (χ0v) is 13.3. The Morgan fingerprint density at radius 1 is 1.47 bits per heavy atom. The van der Waals surface area contributed by atoms with Crippen molar-refractivity contribution < 1.29 is 8.42 Å². The lowest BCUT2D eigenvalue weighted by Gasteiger charge is -2.06. The van der Waals surface area contributed by atoms with Crippen molar-refractivity contribution in [1.82, 2.24) is 10.3 Å². The Bertz CT molecular complexity index is 670. The number of pyridine rings is 1. The molecule has 0 spiro atoms. The summed E-state index contributed by atoms with van der Waals surface area (Å²) < 4.78 is 27.4. The quantitative estimate of drug-likeness (QED) is 0.857. The molecule has 2 heterocycles. The summed E-state index contributed by atoms with van der Waals surface area (Å²) in [5, 5.41) is 4.60. The van der Waals surface area contributed by atoms with Crippen molar-refractivity contribution in [2.24, 2.45) is 0 Å². The first-order valence-electron chi connectivity index (χ1n) is 5.38. The second kappa shape index (κ2) is 6.00. The maximum atomic E-state index is 12.2. The van der Waals surface area contributed by atoms with Crippen LogP contribution in [-0.4, -0.2) is 20.4 Å². The first kappa shape index (κ1) is 14.4. The van der Waals surface area contributed by atoms with Crippen LogP contribution in [0.15, 0.2) is 39.1 Å². The molecule has 0 aliphatic rings. The molecule has 0 unspecified atom stereocenters. The average molecular weight is 362 g/mol. The molecule has 19 heavy (non-hydrogen) atoms. The van der Waals surface area contributed by atoms with Crippen molar-refractivity contribution in [2.75, 3.05) is 11.8 Å². The van der Waals surface area contributed by atoms with E-state index in [2.05, 4.69) is 31.0 Å². The minimum absolute atomic E-state index is 0.250. The fraction of sp³-hybridized carbons (Fsp3) is 0.182. The predicted octanol–water partition coefficient (Wildman–Crippen LogP) is 2.43. The smallest absolute Gasteiger partial charge is 0.263 e. The maximum Gasteiger partial charge on any atom is 0.263 e. The van der Waals surface area contributed by atoms with Crippen molar-refractivity contribution in [3.8, 4) is 0 Å². The molecule has 2 aromatic heterocycles. The molecule has 2 aromatic rings. The normalized spacial score (nSPS) is 11.5. The summed E-state index contributed by atoms with van der Waals surface area (Å²) >= 11 is 4.66. The molecule has 0 aromatic carbocycles. The number of hydrogen-bond donors (Lipinski definition) is 2. The predicted molar refractivity (Wildman–Crippen MR) is 79.8 cm³/mol. The van der Waals surface area contributed by atoms with E-state index < -0.39 is 10.0 Å². The van der Waals surface area contributed by atoms with Crippen molar-refractivity contribution in [3.05, 3.63) is 39.1 Å². The lowest BCUT2D eigenvalue weighted by Crippen LogP contribution is -2.13. The molecule has 0 aliphatic heterocycles. The second-order valence-corrected chi connectivity index (χ2v) is 7.25. The van der Waals surface area contributed by atoms with Crippen molar-refractivity contribution in [1.29, 1.82) is 0 Å². The van der Waals surface area contributed by atoms with Crippen LogP contribution in [0, 0.1) is 0 Å². The van der Waals surface area contributed by atoms with E-state index in [0.29, 0.717) is 11.0 Å². The molecule has 0 amide bonds. The Labute approximate surface area is 124 Å². The summed E-state index contributed by atoms with van der Waals surface area (Å²) in [4.78, 5) is 5.20. The summed E-state index contributed by atoms with van der Waals surface area (Å²) in [7, 11) is -1.78. The summed E-state index contributed by atoms with van der Waals surface area (Å²) in [6.07, 6.45) is 1.53. The first-order chi connectivity index (χ1) is 9.03. The third-order valence-electron chi connectivity index (χ3n) is 2.28. The first-order valence-corrected chi connectivity index (χ1v) is 8.54. The SMILES string of the molecule is CNCc1cc(S(=O)(=O)Nc2ncccc2Br)cs1. The van der Waals surface area contributed by atoms with Gasteiger partial charge in [-0.3, -0.25) is 4.72 Å². The summed E-state index contributed by atoms with van der Waals surface area (Å²) in [6.45, 7) is 0.646. The van der Waals surface area contributed by atoms with Crippen molar-refractivity contribution in [2.45, 2.75) is 11.4 Å². The number of sulfonamides is 1. The van der Waals surface area contributed by atoms with Gasteiger partial charge in [0.2, 0.25) is 0 Å². The molecule has 5 nitrogen and oxygen atoms in total. The molecule has 0 bridgehead atoms. The van der Waals surface area contributed by atoms with Gasteiger partial charge >= 0.3 is 0 Å². The van der Waals surface area contributed by atoms with Gasteiger partial charge < -0.3 is 5.32 Å². The molecule has 2 N–H and O–H groups in total. The second-order valence-electron chi connectivity index (χ2n) is 3.72. The molecule has 2 rings (SSSR count). The van der Waals surface area contributed by atoms with Gasteiger partial charge in [0.15, 0.2) is 5.82 Å². The van der Waals surface area contributed by atoms with E-state index in [-0.39, 0.29) is 10.7 Å². The van der Waals surface area contributed by atoms with E-state index >= 15 is 0 Å². The summed E-state index contributed by atoms with van der Waals surface area (Å²) in [6, 6.07) is 5.10. The van der Waals surface area contributed by atoms with Crippen LogP contribution in [0.25, 0.3) is 0 Å². The Kier molecular flexibility index (Phi) is 4.56. The molecule has 0 aliphatic carbocycles. The van der Waals surface area contributed by atoms with Gasteiger partial charge in [0.1, 0.15) is 0 Å². The van der Waals surface area contributed by atoms with Crippen LogP contribution in [-0.2, 0) is 16.6 Å². The fourth-order valence-corrected chi connectivity index (χ4v) is 4.22. The van der Waals surface area contributed by atoms with Gasteiger partial charge in [0.25, 0.3) is 10.0 Å². The fourth-order valence-electron chi connectivity index (χ4n) is 1.42. The van der Waals surface area contributed by atoms with E-state index in [1.165, 1.54) is 17.5 Å². The van der Waals surface area contributed by atoms with Gasteiger partial charge in [-0.05, 0) is 41.2 Å². The highest BCUT2D eigenvalue weighted by Crippen LogP contribution is 2.24. The van der Waals surface area contributed by atoms with Crippen molar-refractivity contribution in [3.63, 3.8) is 0 Å². The Hall–Kier alpha value is -0.960. The number of hydrogen-bond acceptors (Lipinski definition) is 5. The summed E-state index contributed by atoms with van der Waals surface area (Å²) in [5.74, 6) is 0.281. The van der Waals surface area contributed by atoms with Gasteiger partial charge in [-0.2, -0.15) is 0 Å². The molecule has 0 saturated carbocycles. The van der Waals surface area contributed by atoms with Gasteiger partial charge in [-0.25, -0.2) is 13.4 Å². The average Bonchev–Trinajstić information content (AvgIpc) is 2.82. The van der Waals surface area contributed by atoms with E-state index in [1.54, 1.807) is 23.6 Å². The molecule has 102 valence electrons. The van der Waals surface area contributed by atoms with Crippen LogP contribution in [0.3, 0.4) is 0 Å². The van der Waals surface area contributed by atoms with E-state index in [1.807, 2.05) is 7.05 Å². The highest BCUT2D eigenvalue weighted by atomic mass is 79.9. The zero-order chi connectivity index (χ0) is 13.9. The Morgan fingerprint density at radius 3 is 2.95 bits per heavy atom. The lowest BCUT2D eigenvalue weighted by molar-refractivity contribution is 0.601. The lowest BCUT2D eigenvalue weighted by atomic mass is 10.5. The number of anilines is 1. The molecule has 0 radical (unpaired) electrons. The standard InChI is InChI=1S/C11H12BrN3O2S2/c1-13-6-8-5-9(7-18-8)19(16,17)15-11-10(12)3-2-4-14-11/h2-5,7,13H,6H2,1H3,(H,14,15). The topological polar surface area (TPSA) is 71.1 Å². The third-order valence-corrected chi connectivity index (χ3v) is 5.32. The number of aromatic nitrogens is 1. The number of thiophene rings is 1. The number of nitrogens with one attached hydrogen (secondary N) is 2. The molecule has 0 saturated heterocycles. The minimum Gasteiger partial charge on any atom is -0.315 e. The van der Waals surface area contributed by atoms with Gasteiger partial charge in [-0.1, -0.05) is 0 Å². The van der Waals surface area contributed by atoms with Crippen LogP contribution in [0.1, 0.15) is 4.88 Å². The molecule has 0 fully saturated rings. The third kappa shape index (κ3) is 3.53. The van der Waals surface area contributed by atoms with E-state index in [9.17, 15) is 8.42 Å². The molecule has 0 atom stereocenters. The van der Waals surface area contributed by atoms with Gasteiger partial charge in [0.05, 0.1) is 9.37 Å². The monoisotopic (exact) mass is 361 g/mol.